The summed E-state index contributed by atoms with van der Waals surface area (Å²) in [5.41, 5.74) is 2.49. The third-order valence-electron chi connectivity index (χ3n) is 4.50. The van der Waals surface area contributed by atoms with Gasteiger partial charge in [0.1, 0.15) is 12.4 Å². The van der Waals surface area contributed by atoms with Crippen LogP contribution in [0.1, 0.15) is 34.0 Å². The zero-order valence-corrected chi connectivity index (χ0v) is 17.9. The number of hydrogen-bond donors (Lipinski definition) is 1. The van der Waals surface area contributed by atoms with Gasteiger partial charge in [0, 0.05) is 0 Å². The second-order valence-electron chi connectivity index (χ2n) is 6.73. The van der Waals surface area contributed by atoms with E-state index in [1.807, 2.05) is 6.92 Å². The molecular weight excluding hydrogens is 433 g/mol. The first kappa shape index (κ1) is 22.9. The van der Waals surface area contributed by atoms with Crippen LogP contribution in [0.3, 0.4) is 0 Å². The molecule has 0 aromatic heterocycles. The van der Waals surface area contributed by atoms with Crippen LogP contribution in [0, 0.1) is 17.1 Å². The molecule has 0 saturated heterocycles. The molecule has 0 bridgehead atoms. The summed E-state index contributed by atoms with van der Waals surface area (Å²) >= 11 is 6.45. The Morgan fingerprint density at radius 3 is 2.34 bits per heavy atom. The Labute approximate surface area is 189 Å². The highest BCUT2D eigenvalue weighted by Gasteiger charge is 2.14. The van der Waals surface area contributed by atoms with E-state index in [9.17, 15) is 14.4 Å². The van der Waals surface area contributed by atoms with Crippen LogP contribution in [0.15, 0.2) is 60.7 Å². The summed E-state index contributed by atoms with van der Waals surface area (Å²) in [7, 11) is 0. The SMILES string of the molecule is CCOc1cc(C=C(C#N)c2ccc(F)cc2)cc(Cl)c1OCc1ccc(C(=O)O)cc1. The number of allylic oxidation sites excluding steroid dienone is 1. The van der Waals surface area contributed by atoms with E-state index in [1.54, 1.807) is 30.3 Å². The van der Waals surface area contributed by atoms with Crippen molar-refractivity contribution in [3.05, 3.63) is 93.8 Å². The molecule has 0 saturated carbocycles. The van der Waals surface area contributed by atoms with E-state index in [-0.39, 0.29) is 18.0 Å². The third kappa shape index (κ3) is 5.65. The standard InChI is InChI=1S/C25H19ClFNO4/c1-2-31-23-13-17(11-20(14-28)18-7-9-21(27)10-8-18)12-22(26)24(23)32-15-16-3-5-19(6-4-16)25(29)30/h3-13H,2,15H2,1H3,(H,29,30). The van der Waals surface area contributed by atoms with Gasteiger partial charge in [-0.25, -0.2) is 9.18 Å². The van der Waals surface area contributed by atoms with Crippen LogP contribution < -0.4 is 9.47 Å². The van der Waals surface area contributed by atoms with Gasteiger partial charge in [-0.05, 0) is 66.1 Å². The number of aromatic carboxylic acids is 1. The average molecular weight is 452 g/mol. The fraction of sp³-hybridized carbons (Fsp3) is 0.120. The third-order valence-corrected chi connectivity index (χ3v) is 4.78. The number of nitrogens with zero attached hydrogens (tertiary/aromatic N) is 1. The monoisotopic (exact) mass is 451 g/mol. The van der Waals surface area contributed by atoms with Crippen molar-refractivity contribution in [1.29, 1.82) is 5.26 Å². The number of ether oxygens (including phenoxy) is 2. The van der Waals surface area contributed by atoms with Gasteiger partial charge in [-0.2, -0.15) is 5.26 Å². The van der Waals surface area contributed by atoms with Crippen molar-refractivity contribution in [3.63, 3.8) is 0 Å². The summed E-state index contributed by atoms with van der Waals surface area (Å²) < 4.78 is 24.7. The van der Waals surface area contributed by atoms with E-state index in [0.717, 1.165) is 5.56 Å². The Kier molecular flexibility index (Phi) is 7.48. The predicted octanol–water partition coefficient (Wildman–Crippen LogP) is 6.22. The minimum Gasteiger partial charge on any atom is -0.490 e. The highest BCUT2D eigenvalue weighted by Crippen LogP contribution is 2.38. The molecule has 0 fully saturated rings. The van der Waals surface area contributed by atoms with Gasteiger partial charge < -0.3 is 14.6 Å². The summed E-state index contributed by atoms with van der Waals surface area (Å²) in [4.78, 5) is 11.0. The van der Waals surface area contributed by atoms with Gasteiger partial charge >= 0.3 is 5.97 Å². The van der Waals surface area contributed by atoms with Gasteiger partial charge in [-0.15, -0.1) is 0 Å². The summed E-state index contributed by atoms with van der Waals surface area (Å²) in [6.07, 6.45) is 1.63. The molecule has 0 aliphatic heterocycles. The van der Waals surface area contributed by atoms with E-state index in [0.29, 0.717) is 39.8 Å². The van der Waals surface area contributed by atoms with Crippen molar-refractivity contribution in [2.45, 2.75) is 13.5 Å². The molecule has 3 rings (SSSR count). The highest BCUT2D eigenvalue weighted by molar-refractivity contribution is 6.32. The largest absolute Gasteiger partial charge is 0.490 e. The molecule has 0 unspecified atom stereocenters. The molecule has 3 aromatic rings. The lowest BCUT2D eigenvalue weighted by molar-refractivity contribution is 0.0697. The van der Waals surface area contributed by atoms with E-state index in [1.165, 1.54) is 36.4 Å². The fourth-order valence-electron chi connectivity index (χ4n) is 2.95. The van der Waals surface area contributed by atoms with Gasteiger partial charge in [-0.3, -0.25) is 0 Å². The molecule has 0 radical (unpaired) electrons. The molecule has 0 heterocycles. The zero-order chi connectivity index (χ0) is 23.1. The summed E-state index contributed by atoms with van der Waals surface area (Å²) in [5.74, 6) is -0.634. The molecule has 32 heavy (non-hydrogen) atoms. The van der Waals surface area contributed by atoms with Gasteiger partial charge in [0.25, 0.3) is 0 Å². The molecular formula is C25H19ClFNO4. The van der Waals surface area contributed by atoms with E-state index >= 15 is 0 Å². The minimum atomic E-state index is -1.000. The topological polar surface area (TPSA) is 79.5 Å². The van der Waals surface area contributed by atoms with Crippen LogP contribution in [-0.4, -0.2) is 17.7 Å². The number of carboxylic acid groups (broad SMARTS) is 1. The van der Waals surface area contributed by atoms with Crippen LogP contribution in [0.2, 0.25) is 5.02 Å². The Hall–Kier alpha value is -3.82. The van der Waals surface area contributed by atoms with Crippen LogP contribution in [-0.2, 0) is 6.61 Å². The summed E-state index contributed by atoms with van der Waals surface area (Å²) in [6, 6.07) is 17.4. The zero-order valence-electron chi connectivity index (χ0n) is 17.1. The van der Waals surface area contributed by atoms with E-state index in [4.69, 9.17) is 26.2 Å². The Bertz CT molecular complexity index is 1180. The number of carboxylic acids is 1. The second kappa shape index (κ2) is 10.5. The normalized spacial score (nSPS) is 11.0. The van der Waals surface area contributed by atoms with Crippen molar-refractivity contribution < 1.29 is 23.8 Å². The minimum absolute atomic E-state index is 0.161. The van der Waals surface area contributed by atoms with Crippen molar-refractivity contribution in [1.82, 2.24) is 0 Å². The molecule has 0 amide bonds. The van der Waals surface area contributed by atoms with E-state index in [2.05, 4.69) is 6.07 Å². The maximum absolute atomic E-state index is 13.2. The molecule has 7 heteroatoms. The number of halogens is 2. The molecule has 0 spiro atoms. The Morgan fingerprint density at radius 2 is 1.75 bits per heavy atom. The maximum Gasteiger partial charge on any atom is 0.335 e. The van der Waals surface area contributed by atoms with Crippen LogP contribution in [0.4, 0.5) is 4.39 Å². The lowest BCUT2D eigenvalue weighted by Gasteiger charge is -2.15. The van der Waals surface area contributed by atoms with Crippen molar-refractivity contribution in [2.24, 2.45) is 0 Å². The molecule has 0 aliphatic rings. The van der Waals surface area contributed by atoms with Crippen molar-refractivity contribution >= 4 is 29.2 Å². The van der Waals surface area contributed by atoms with E-state index < -0.39 is 5.97 Å². The fourth-order valence-corrected chi connectivity index (χ4v) is 3.22. The van der Waals surface area contributed by atoms with Gasteiger partial charge in [0.15, 0.2) is 11.5 Å². The lowest BCUT2D eigenvalue weighted by Crippen LogP contribution is -2.02. The number of carbonyl (C=O) groups is 1. The number of rotatable bonds is 8. The quantitative estimate of drug-likeness (QED) is 0.325. The van der Waals surface area contributed by atoms with Gasteiger partial charge in [0.05, 0.1) is 28.8 Å². The predicted molar refractivity (Wildman–Crippen MR) is 120 cm³/mol. The van der Waals surface area contributed by atoms with Crippen LogP contribution in [0.25, 0.3) is 11.6 Å². The molecule has 0 aliphatic carbocycles. The first-order valence-electron chi connectivity index (χ1n) is 9.70. The van der Waals surface area contributed by atoms with Gasteiger partial charge in [-0.1, -0.05) is 35.9 Å². The molecule has 3 aromatic carbocycles. The first-order valence-corrected chi connectivity index (χ1v) is 10.1. The first-order chi connectivity index (χ1) is 15.4. The molecule has 5 nitrogen and oxygen atoms in total. The van der Waals surface area contributed by atoms with Gasteiger partial charge in [0.2, 0.25) is 0 Å². The van der Waals surface area contributed by atoms with Crippen molar-refractivity contribution in [2.75, 3.05) is 6.61 Å². The Balaban J connectivity index is 1.87. The molecule has 1 N–H and O–H groups in total. The number of hydrogen-bond acceptors (Lipinski definition) is 4. The number of benzene rings is 3. The number of nitriles is 1. The molecule has 162 valence electrons. The summed E-state index contributed by atoms with van der Waals surface area (Å²) in [6.45, 7) is 2.36. The van der Waals surface area contributed by atoms with Crippen LogP contribution >= 0.6 is 11.6 Å². The Morgan fingerprint density at radius 1 is 1.09 bits per heavy atom. The highest BCUT2D eigenvalue weighted by atomic mass is 35.5. The second-order valence-corrected chi connectivity index (χ2v) is 7.14. The van der Waals surface area contributed by atoms with Crippen LogP contribution in [0.5, 0.6) is 11.5 Å². The maximum atomic E-state index is 13.2. The smallest absolute Gasteiger partial charge is 0.335 e. The van der Waals surface area contributed by atoms with Crippen molar-refractivity contribution in [3.8, 4) is 17.6 Å². The molecule has 0 atom stereocenters. The lowest BCUT2D eigenvalue weighted by atomic mass is 10.0. The summed E-state index contributed by atoms with van der Waals surface area (Å²) in [5, 5.41) is 18.8. The average Bonchev–Trinajstić information content (AvgIpc) is 2.78.